The largest absolute Gasteiger partial charge is 0.414 e. The van der Waals surface area contributed by atoms with Crippen LogP contribution in [0.25, 0.3) is 6.08 Å². The number of pyridine rings is 1. The molecule has 0 aliphatic carbocycles. The lowest BCUT2D eigenvalue weighted by Crippen LogP contribution is -2.43. The van der Waals surface area contributed by atoms with Crippen LogP contribution in [0.4, 0.5) is 0 Å². The maximum Gasteiger partial charge on any atom is 0.192 e. The minimum atomic E-state index is -1.65. The third-order valence-corrected chi connectivity index (χ3v) is 9.49. The van der Waals surface area contributed by atoms with Crippen LogP contribution in [-0.2, 0) is 4.43 Å². The number of allylic oxidation sites excluding steroid dienone is 4. The second-order valence-corrected chi connectivity index (χ2v) is 13.2. The van der Waals surface area contributed by atoms with E-state index in [-0.39, 0.29) is 11.1 Å². The van der Waals surface area contributed by atoms with E-state index in [2.05, 4.69) is 88.3 Å². The molecule has 0 radical (unpaired) electrons. The molecule has 1 atom stereocenters. The maximum atomic E-state index is 6.36. The Morgan fingerprint density at radius 2 is 1.81 bits per heavy atom. The third-order valence-electron chi connectivity index (χ3n) is 4.89. The van der Waals surface area contributed by atoms with Crippen LogP contribution in [0.15, 0.2) is 54.9 Å². The zero-order chi connectivity index (χ0) is 19.5. The average molecular weight is 372 g/mol. The summed E-state index contributed by atoms with van der Waals surface area (Å²) in [6.45, 7) is 13.7. The normalized spacial score (nSPS) is 14.7. The molecule has 1 rings (SSSR count). The van der Waals surface area contributed by atoms with Crippen molar-refractivity contribution in [2.24, 2.45) is 0 Å². The van der Waals surface area contributed by atoms with Crippen molar-refractivity contribution in [3.05, 3.63) is 60.5 Å². The topological polar surface area (TPSA) is 22.1 Å². The first kappa shape index (κ1) is 22.6. The van der Waals surface area contributed by atoms with Crippen molar-refractivity contribution >= 4 is 14.4 Å². The Bertz CT molecular complexity index is 582. The van der Waals surface area contributed by atoms with E-state index in [0.29, 0.717) is 0 Å². The van der Waals surface area contributed by atoms with Gasteiger partial charge in [-0.3, -0.25) is 4.98 Å². The van der Waals surface area contributed by atoms with E-state index in [1.165, 1.54) is 12.0 Å². The van der Waals surface area contributed by atoms with E-state index in [9.17, 15) is 0 Å². The fourth-order valence-corrected chi connectivity index (χ4v) is 3.75. The van der Waals surface area contributed by atoms with Crippen LogP contribution in [-0.4, -0.2) is 19.4 Å². The molecule has 26 heavy (non-hydrogen) atoms. The second-order valence-electron chi connectivity index (χ2n) is 8.40. The van der Waals surface area contributed by atoms with Gasteiger partial charge in [-0.2, -0.15) is 0 Å². The Hall–Kier alpha value is -1.45. The first-order valence-corrected chi connectivity index (χ1v) is 12.7. The van der Waals surface area contributed by atoms with E-state index < -0.39 is 8.32 Å². The standard InChI is InChI=1S/C23H37NOSi/c1-21(25-26(5,6)23(2,3)4)16-13-11-9-7-8-10-12-14-17-22-18-15-19-24-20-22/h7,9,11,13-15,17-21H,8,10,12,16H2,1-6H3/b9-7+,13-11+,17-14+/t21-/m0/s1. The lowest BCUT2D eigenvalue weighted by Gasteiger charge is -2.38. The monoisotopic (exact) mass is 371 g/mol. The summed E-state index contributed by atoms with van der Waals surface area (Å²) < 4.78 is 6.36. The van der Waals surface area contributed by atoms with Crippen molar-refractivity contribution in [3.63, 3.8) is 0 Å². The highest BCUT2D eigenvalue weighted by molar-refractivity contribution is 6.74. The van der Waals surface area contributed by atoms with Gasteiger partial charge in [-0.1, -0.05) is 63.3 Å². The molecule has 0 spiro atoms. The van der Waals surface area contributed by atoms with E-state index >= 15 is 0 Å². The summed E-state index contributed by atoms with van der Waals surface area (Å²) in [5.74, 6) is 0. The van der Waals surface area contributed by atoms with Gasteiger partial charge in [0.15, 0.2) is 8.32 Å². The average Bonchev–Trinajstić information content (AvgIpc) is 2.56. The smallest absolute Gasteiger partial charge is 0.192 e. The molecule has 0 aliphatic heterocycles. The van der Waals surface area contributed by atoms with Crippen molar-refractivity contribution in [2.45, 2.75) is 77.6 Å². The van der Waals surface area contributed by atoms with Gasteiger partial charge in [0.2, 0.25) is 0 Å². The number of hydrogen-bond donors (Lipinski definition) is 0. The van der Waals surface area contributed by atoms with E-state index in [4.69, 9.17) is 4.43 Å². The van der Waals surface area contributed by atoms with E-state index in [1.807, 2.05) is 12.3 Å². The van der Waals surface area contributed by atoms with Gasteiger partial charge in [0.25, 0.3) is 0 Å². The zero-order valence-corrected chi connectivity index (χ0v) is 18.5. The number of nitrogens with zero attached hydrogens (tertiary/aromatic N) is 1. The highest BCUT2D eigenvalue weighted by Crippen LogP contribution is 2.37. The second kappa shape index (κ2) is 11.3. The van der Waals surface area contributed by atoms with Gasteiger partial charge in [0, 0.05) is 18.5 Å². The van der Waals surface area contributed by atoms with Gasteiger partial charge in [-0.25, -0.2) is 0 Å². The number of hydrogen-bond acceptors (Lipinski definition) is 2. The molecular formula is C23H37NOSi. The molecule has 0 amide bonds. The van der Waals surface area contributed by atoms with Crippen LogP contribution in [0.5, 0.6) is 0 Å². The predicted octanol–water partition coefficient (Wildman–Crippen LogP) is 7.18. The van der Waals surface area contributed by atoms with Gasteiger partial charge in [0.1, 0.15) is 0 Å². The van der Waals surface area contributed by atoms with E-state index in [1.54, 1.807) is 6.20 Å². The molecule has 1 aromatic heterocycles. The highest BCUT2D eigenvalue weighted by atomic mass is 28.4. The summed E-state index contributed by atoms with van der Waals surface area (Å²) >= 11 is 0. The van der Waals surface area contributed by atoms with Crippen LogP contribution in [0.1, 0.15) is 58.9 Å². The summed E-state index contributed by atoms with van der Waals surface area (Å²) in [6.07, 6.45) is 21.5. The van der Waals surface area contributed by atoms with Gasteiger partial charge >= 0.3 is 0 Å². The van der Waals surface area contributed by atoms with Crippen LogP contribution >= 0.6 is 0 Å². The van der Waals surface area contributed by atoms with Crippen molar-refractivity contribution in [3.8, 4) is 0 Å². The molecule has 0 unspecified atom stereocenters. The van der Waals surface area contributed by atoms with Gasteiger partial charge in [-0.15, -0.1) is 0 Å². The zero-order valence-electron chi connectivity index (χ0n) is 17.5. The Balaban J connectivity index is 2.17. The lowest BCUT2D eigenvalue weighted by atomic mass is 10.2. The Morgan fingerprint density at radius 1 is 1.12 bits per heavy atom. The van der Waals surface area contributed by atoms with E-state index in [0.717, 1.165) is 19.3 Å². The lowest BCUT2D eigenvalue weighted by molar-refractivity contribution is 0.202. The molecule has 0 saturated heterocycles. The molecule has 2 nitrogen and oxygen atoms in total. The highest BCUT2D eigenvalue weighted by Gasteiger charge is 2.38. The van der Waals surface area contributed by atoms with Crippen molar-refractivity contribution in [2.75, 3.05) is 0 Å². The number of unbranched alkanes of at least 4 members (excludes halogenated alkanes) is 2. The fraction of sp³-hybridized carbons (Fsp3) is 0.522. The molecule has 0 bridgehead atoms. The number of aromatic nitrogens is 1. The Morgan fingerprint density at radius 3 is 2.46 bits per heavy atom. The quantitative estimate of drug-likeness (QED) is 0.247. The molecule has 0 N–H and O–H groups in total. The summed E-state index contributed by atoms with van der Waals surface area (Å²) in [7, 11) is -1.65. The first-order valence-electron chi connectivity index (χ1n) is 9.78. The molecule has 0 fully saturated rings. The molecular weight excluding hydrogens is 334 g/mol. The minimum absolute atomic E-state index is 0.274. The summed E-state index contributed by atoms with van der Waals surface area (Å²) in [5, 5.41) is 0.274. The number of rotatable bonds is 10. The fourth-order valence-electron chi connectivity index (χ4n) is 2.30. The summed E-state index contributed by atoms with van der Waals surface area (Å²) in [6, 6.07) is 4.04. The van der Waals surface area contributed by atoms with Crippen molar-refractivity contribution in [1.82, 2.24) is 4.98 Å². The molecule has 0 saturated carbocycles. The molecule has 1 heterocycles. The van der Waals surface area contributed by atoms with Crippen LogP contribution in [0.3, 0.4) is 0 Å². The SMILES string of the molecule is C[C@@H](C/C=C/C=C/CCC/C=C/c1cccnc1)O[Si](C)(C)C(C)(C)C. The van der Waals surface area contributed by atoms with Crippen molar-refractivity contribution < 1.29 is 4.43 Å². The Labute approximate surface area is 162 Å². The van der Waals surface area contributed by atoms with Crippen LogP contribution in [0, 0.1) is 0 Å². The minimum Gasteiger partial charge on any atom is -0.414 e. The molecule has 3 heteroatoms. The first-order chi connectivity index (χ1) is 12.2. The summed E-state index contributed by atoms with van der Waals surface area (Å²) in [4.78, 5) is 4.11. The molecule has 1 aromatic rings. The summed E-state index contributed by atoms with van der Waals surface area (Å²) in [5.41, 5.74) is 1.17. The molecule has 0 aliphatic rings. The van der Waals surface area contributed by atoms with Crippen LogP contribution < -0.4 is 0 Å². The molecule has 0 aromatic carbocycles. The maximum absolute atomic E-state index is 6.36. The van der Waals surface area contributed by atoms with Gasteiger partial charge < -0.3 is 4.43 Å². The van der Waals surface area contributed by atoms with Crippen LogP contribution in [0.2, 0.25) is 18.1 Å². The molecule has 144 valence electrons. The van der Waals surface area contributed by atoms with Gasteiger partial charge in [-0.05, 0) is 62.4 Å². The predicted molar refractivity (Wildman–Crippen MR) is 118 cm³/mol. The van der Waals surface area contributed by atoms with Gasteiger partial charge in [0.05, 0.1) is 0 Å². The third kappa shape index (κ3) is 9.30. The van der Waals surface area contributed by atoms with Crippen molar-refractivity contribution in [1.29, 1.82) is 0 Å². The Kier molecular flexibility index (Phi) is 9.82.